The molecule has 1 aromatic heterocycles. The Hall–Kier alpha value is -2.42. The number of likely N-dealkylation sites (N-methyl/N-ethyl adjacent to an activating group) is 1. The summed E-state index contributed by atoms with van der Waals surface area (Å²) >= 11 is 0. The third-order valence-corrected chi connectivity index (χ3v) is 5.83. The molecule has 1 aromatic carbocycles. The Morgan fingerprint density at radius 3 is 2.61 bits per heavy atom. The van der Waals surface area contributed by atoms with Crippen LogP contribution in [0.5, 0.6) is 0 Å². The van der Waals surface area contributed by atoms with Gasteiger partial charge in [0, 0.05) is 18.7 Å². The Labute approximate surface area is 166 Å². The van der Waals surface area contributed by atoms with E-state index in [4.69, 9.17) is 4.42 Å². The monoisotopic (exact) mass is 405 g/mol. The van der Waals surface area contributed by atoms with Crippen molar-refractivity contribution in [3.63, 3.8) is 0 Å². The Morgan fingerprint density at radius 1 is 1.25 bits per heavy atom. The summed E-state index contributed by atoms with van der Waals surface area (Å²) in [6, 6.07) is 9.34. The summed E-state index contributed by atoms with van der Waals surface area (Å²) in [5.74, 6) is 0.345. The van der Waals surface area contributed by atoms with Gasteiger partial charge in [0.15, 0.2) is 0 Å². The molecule has 0 saturated heterocycles. The first-order valence-corrected chi connectivity index (χ1v) is 10.7. The lowest BCUT2D eigenvalue weighted by atomic mass is 10.2. The number of carbonyl (C=O) groups is 1. The lowest BCUT2D eigenvalue weighted by Gasteiger charge is -2.28. The summed E-state index contributed by atoms with van der Waals surface area (Å²) in [5, 5.41) is 2.63. The van der Waals surface area contributed by atoms with Gasteiger partial charge >= 0.3 is 0 Å². The van der Waals surface area contributed by atoms with Crippen molar-refractivity contribution in [2.45, 2.75) is 24.8 Å². The van der Waals surface area contributed by atoms with Crippen LogP contribution in [-0.4, -0.2) is 45.4 Å². The number of rotatable bonds is 11. The van der Waals surface area contributed by atoms with Gasteiger partial charge in [0.05, 0.1) is 17.2 Å². The highest BCUT2D eigenvalue weighted by molar-refractivity contribution is 7.89. The van der Waals surface area contributed by atoms with Crippen molar-refractivity contribution in [3.8, 4) is 0 Å². The van der Waals surface area contributed by atoms with Crippen molar-refractivity contribution in [1.82, 2.24) is 14.9 Å². The number of nitrogens with one attached hydrogen (secondary N) is 2. The van der Waals surface area contributed by atoms with Crippen LogP contribution in [0.2, 0.25) is 0 Å². The van der Waals surface area contributed by atoms with E-state index in [1.54, 1.807) is 30.5 Å². The summed E-state index contributed by atoms with van der Waals surface area (Å²) in [4.78, 5) is 14.2. The zero-order valence-corrected chi connectivity index (χ0v) is 17.0. The van der Waals surface area contributed by atoms with Gasteiger partial charge in [0.1, 0.15) is 5.76 Å². The second-order valence-electron chi connectivity index (χ2n) is 6.13. The molecular weight excluding hydrogens is 378 g/mol. The number of nitrogens with zero attached hydrogens (tertiary/aromatic N) is 1. The molecular formula is C20H27N3O4S. The second-order valence-corrected chi connectivity index (χ2v) is 7.90. The Balaban J connectivity index is 2.18. The first-order chi connectivity index (χ1) is 13.4. The number of furan rings is 1. The van der Waals surface area contributed by atoms with Crippen LogP contribution in [0.3, 0.4) is 0 Å². The van der Waals surface area contributed by atoms with E-state index in [0.29, 0.717) is 12.3 Å². The molecule has 2 N–H and O–H groups in total. The van der Waals surface area contributed by atoms with Gasteiger partial charge in [-0.25, -0.2) is 13.1 Å². The van der Waals surface area contributed by atoms with E-state index in [1.165, 1.54) is 12.1 Å². The number of benzene rings is 1. The number of carbonyl (C=O) groups excluding carboxylic acids is 1. The van der Waals surface area contributed by atoms with Gasteiger partial charge < -0.3 is 9.73 Å². The lowest BCUT2D eigenvalue weighted by Crippen LogP contribution is -2.38. The summed E-state index contributed by atoms with van der Waals surface area (Å²) in [6.07, 6.45) is 3.13. The highest BCUT2D eigenvalue weighted by Gasteiger charge is 2.24. The molecule has 0 fully saturated rings. The zero-order valence-electron chi connectivity index (χ0n) is 16.2. The van der Waals surface area contributed by atoms with Gasteiger partial charge in [-0.2, -0.15) is 0 Å². The summed E-state index contributed by atoms with van der Waals surface area (Å²) in [6.45, 7) is 9.54. The van der Waals surface area contributed by atoms with Crippen LogP contribution in [0.4, 0.5) is 0 Å². The van der Waals surface area contributed by atoms with Crippen LogP contribution in [0.15, 0.2) is 64.6 Å². The van der Waals surface area contributed by atoms with Crippen molar-refractivity contribution in [2.75, 3.05) is 26.2 Å². The highest BCUT2D eigenvalue weighted by Crippen LogP contribution is 2.21. The molecule has 1 amide bonds. The maximum Gasteiger partial charge on any atom is 0.251 e. The van der Waals surface area contributed by atoms with Crippen LogP contribution >= 0.6 is 0 Å². The van der Waals surface area contributed by atoms with Gasteiger partial charge in [-0.3, -0.25) is 9.69 Å². The van der Waals surface area contributed by atoms with Crippen molar-refractivity contribution in [1.29, 1.82) is 0 Å². The molecule has 0 aliphatic rings. The fraction of sp³-hybridized carbons (Fsp3) is 0.350. The lowest BCUT2D eigenvalue weighted by molar-refractivity contribution is 0.0958. The predicted molar refractivity (Wildman–Crippen MR) is 109 cm³/mol. The average molecular weight is 406 g/mol. The standard InChI is InChI=1S/C20H27N3O4S/c1-4-12-21-20(24)16-9-7-10-17(14-16)28(25,26)22-15-18(23(5-2)6-3)19-11-8-13-27-19/h4,7-11,13-14,18,22H,1,5-6,12,15H2,2-3H3,(H,21,24). The quantitative estimate of drug-likeness (QED) is 0.561. The van der Waals surface area contributed by atoms with Gasteiger partial charge in [0.25, 0.3) is 5.91 Å². The molecule has 0 bridgehead atoms. The highest BCUT2D eigenvalue weighted by atomic mass is 32.2. The van der Waals surface area contributed by atoms with E-state index in [1.807, 2.05) is 19.9 Å². The Bertz CT molecular complexity index is 875. The van der Waals surface area contributed by atoms with Crippen molar-refractivity contribution < 1.29 is 17.6 Å². The molecule has 1 unspecified atom stereocenters. The van der Waals surface area contributed by atoms with Gasteiger partial charge in [0.2, 0.25) is 10.0 Å². The molecule has 28 heavy (non-hydrogen) atoms. The zero-order chi connectivity index (χ0) is 20.6. The summed E-state index contributed by atoms with van der Waals surface area (Å²) < 4.78 is 33.7. The molecule has 7 nitrogen and oxygen atoms in total. The molecule has 0 saturated carbocycles. The van der Waals surface area contributed by atoms with Crippen LogP contribution in [-0.2, 0) is 10.0 Å². The van der Waals surface area contributed by atoms with E-state index in [2.05, 4.69) is 21.5 Å². The van der Waals surface area contributed by atoms with Crippen LogP contribution in [0.1, 0.15) is 36.0 Å². The minimum Gasteiger partial charge on any atom is -0.468 e. The normalized spacial score (nSPS) is 12.7. The number of hydrogen-bond acceptors (Lipinski definition) is 5. The van der Waals surface area contributed by atoms with Crippen LogP contribution in [0.25, 0.3) is 0 Å². The Morgan fingerprint density at radius 2 is 2.00 bits per heavy atom. The third-order valence-electron chi connectivity index (χ3n) is 4.40. The smallest absolute Gasteiger partial charge is 0.251 e. The van der Waals surface area contributed by atoms with Crippen molar-refractivity contribution in [3.05, 3.63) is 66.6 Å². The van der Waals surface area contributed by atoms with Gasteiger partial charge in [-0.05, 0) is 43.4 Å². The molecule has 0 aliphatic carbocycles. The van der Waals surface area contributed by atoms with E-state index in [-0.39, 0.29) is 29.0 Å². The number of sulfonamides is 1. The molecule has 0 radical (unpaired) electrons. The average Bonchev–Trinajstić information content (AvgIpc) is 3.23. The second kappa shape index (κ2) is 10.2. The van der Waals surface area contributed by atoms with Crippen molar-refractivity contribution >= 4 is 15.9 Å². The molecule has 152 valence electrons. The van der Waals surface area contributed by atoms with E-state index in [9.17, 15) is 13.2 Å². The largest absolute Gasteiger partial charge is 0.468 e. The van der Waals surface area contributed by atoms with Crippen molar-refractivity contribution in [2.24, 2.45) is 0 Å². The minimum absolute atomic E-state index is 0.0384. The third kappa shape index (κ3) is 5.54. The first-order valence-electron chi connectivity index (χ1n) is 9.19. The number of hydrogen-bond donors (Lipinski definition) is 2. The molecule has 2 aromatic rings. The topological polar surface area (TPSA) is 91.6 Å². The summed E-state index contributed by atoms with van der Waals surface area (Å²) in [7, 11) is -3.79. The first kappa shape index (κ1) is 21.9. The van der Waals surface area contributed by atoms with Crippen LogP contribution < -0.4 is 10.0 Å². The molecule has 0 aliphatic heterocycles. The molecule has 0 spiro atoms. The fourth-order valence-electron chi connectivity index (χ4n) is 2.90. The van der Waals surface area contributed by atoms with E-state index in [0.717, 1.165) is 13.1 Å². The SMILES string of the molecule is C=CCNC(=O)c1cccc(S(=O)(=O)NCC(c2ccco2)N(CC)CC)c1. The molecule has 8 heteroatoms. The predicted octanol–water partition coefficient (Wildman–Crippen LogP) is 2.56. The van der Waals surface area contributed by atoms with Gasteiger partial charge in [-0.15, -0.1) is 6.58 Å². The van der Waals surface area contributed by atoms with E-state index < -0.39 is 10.0 Å². The molecule has 1 heterocycles. The van der Waals surface area contributed by atoms with Gasteiger partial charge in [-0.1, -0.05) is 26.0 Å². The fourth-order valence-corrected chi connectivity index (χ4v) is 3.98. The molecule has 1 atom stereocenters. The molecule has 2 rings (SSSR count). The number of amides is 1. The Kier molecular flexibility index (Phi) is 7.98. The maximum atomic E-state index is 12.8. The van der Waals surface area contributed by atoms with Crippen LogP contribution in [0, 0.1) is 0 Å². The summed E-state index contributed by atoms with van der Waals surface area (Å²) in [5.41, 5.74) is 0.274. The maximum absolute atomic E-state index is 12.8. The van der Waals surface area contributed by atoms with E-state index >= 15 is 0 Å². The minimum atomic E-state index is -3.79.